The van der Waals surface area contributed by atoms with Crippen molar-refractivity contribution in [3.63, 3.8) is 0 Å². The maximum Gasteiger partial charge on any atom is 0.307 e. The van der Waals surface area contributed by atoms with Crippen molar-refractivity contribution in [1.82, 2.24) is 0 Å². The molecule has 0 unspecified atom stereocenters. The normalized spacial score (nSPS) is 10.1. The molecule has 100 valence electrons. The molecule has 0 aliphatic rings. The van der Waals surface area contributed by atoms with E-state index in [4.69, 9.17) is 4.74 Å². The number of anilines is 1. The van der Waals surface area contributed by atoms with Crippen LogP contribution in [0, 0.1) is 13.8 Å². The number of nitrogens with zero attached hydrogens (tertiary/aromatic N) is 1. The molecule has 0 aromatic heterocycles. The van der Waals surface area contributed by atoms with Crippen LogP contribution < -0.4 is 9.64 Å². The summed E-state index contributed by atoms with van der Waals surface area (Å²) in [6.45, 7) is 4.67. The molecule has 0 heterocycles. The van der Waals surface area contributed by atoms with Crippen molar-refractivity contribution in [2.45, 2.75) is 20.3 Å². The predicted molar refractivity (Wildman–Crippen MR) is 72.4 cm³/mol. The number of carbonyl (C=O) groups is 1. The Morgan fingerprint density at radius 2 is 1.94 bits per heavy atom. The summed E-state index contributed by atoms with van der Waals surface area (Å²) in [6, 6.07) is 4.14. The maximum absolute atomic E-state index is 11.2. The van der Waals surface area contributed by atoms with Gasteiger partial charge in [-0.15, -0.1) is 0 Å². The molecule has 0 aliphatic carbocycles. The molecule has 0 saturated heterocycles. The fourth-order valence-corrected chi connectivity index (χ4v) is 1.96. The van der Waals surface area contributed by atoms with Gasteiger partial charge in [0.15, 0.2) is 0 Å². The summed E-state index contributed by atoms with van der Waals surface area (Å²) in [5, 5.41) is 0. The third-order valence-corrected chi connectivity index (χ3v) is 2.89. The molecule has 0 bridgehead atoms. The Bertz CT molecular complexity index is 429. The van der Waals surface area contributed by atoms with Gasteiger partial charge >= 0.3 is 5.97 Å². The summed E-state index contributed by atoms with van der Waals surface area (Å²) in [7, 11) is 5.01. The molecule has 4 nitrogen and oxygen atoms in total. The van der Waals surface area contributed by atoms with Gasteiger partial charge in [0.1, 0.15) is 5.75 Å². The zero-order valence-electron chi connectivity index (χ0n) is 11.7. The Morgan fingerprint density at radius 3 is 2.50 bits per heavy atom. The van der Waals surface area contributed by atoms with Crippen molar-refractivity contribution in [2.24, 2.45) is 0 Å². The van der Waals surface area contributed by atoms with Crippen LogP contribution in [0.2, 0.25) is 0 Å². The summed E-state index contributed by atoms with van der Waals surface area (Å²) in [5.41, 5.74) is 3.27. The zero-order chi connectivity index (χ0) is 13.7. The van der Waals surface area contributed by atoms with Crippen LogP contribution in [0.25, 0.3) is 0 Å². The smallest absolute Gasteiger partial charge is 0.307 e. The topological polar surface area (TPSA) is 38.8 Å². The lowest BCUT2D eigenvalue weighted by Gasteiger charge is -2.23. The number of ether oxygens (including phenoxy) is 2. The summed E-state index contributed by atoms with van der Waals surface area (Å²) in [4.78, 5) is 13.2. The maximum atomic E-state index is 11.2. The van der Waals surface area contributed by atoms with Gasteiger partial charge in [-0.3, -0.25) is 4.79 Å². The molecule has 1 aromatic carbocycles. The van der Waals surface area contributed by atoms with E-state index < -0.39 is 0 Å². The first-order chi connectivity index (χ1) is 8.49. The van der Waals surface area contributed by atoms with E-state index in [2.05, 4.69) is 16.9 Å². The van der Waals surface area contributed by atoms with Crippen molar-refractivity contribution in [2.75, 3.05) is 32.7 Å². The highest BCUT2D eigenvalue weighted by Gasteiger charge is 2.12. The molecule has 18 heavy (non-hydrogen) atoms. The van der Waals surface area contributed by atoms with Gasteiger partial charge in [-0.25, -0.2) is 0 Å². The third-order valence-electron chi connectivity index (χ3n) is 2.89. The summed E-state index contributed by atoms with van der Waals surface area (Å²) in [6.07, 6.45) is 0.364. The van der Waals surface area contributed by atoms with Gasteiger partial charge in [-0.2, -0.15) is 0 Å². The Hall–Kier alpha value is -1.71. The minimum Gasteiger partial charge on any atom is -0.494 e. The fraction of sp³-hybridized carbons (Fsp3) is 0.500. The molecular weight excluding hydrogens is 230 g/mol. The van der Waals surface area contributed by atoms with Crippen molar-refractivity contribution in [1.29, 1.82) is 0 Å². The Labute approximate surface area is 108 Å². The summed E-state index contributed by atoms with van der Waals surface area (Å²) in [5.74, 6) is 0.651. The molecule has 0 amide bonds. The average molecular weight is 251 g/mol. The third kappa shape index (κ3) is 3.39. The second-order valence-electron chi connectivity index (χ2n) is 4.38. The van der Waals surface area contributed by atoms with Crippen LogP contribution in [0.15, 0.2) is 12.1 Å². The number of benzene rings is 1. The highest BCUT2D eigenvalue weighted by atomic mass is 16.5. The van der Waals surface area contributed by atoms with Gasteiger partial charge < -0.3 is 14.4 Å². The molecular formula is C14H21NO3. The molecule has 0 fully saturated rings. The highest BCUT2D eigenvalue weighted by Crippen LogP contribution is 2.32. The zero-order valence-corrected chi connectivity index (χ0v) is 11.7. The van der Waals surface area contributed by atoms with E-state index in [1.54, 1.807) is 7.11 Å². The van der Waals surface area contributed by atoms with Gasteiger partial charge in [0, 0.05) is 13.6 Å². The van der Waals surface area contributed by atoms with Crippen molar-refractivity contribution in [3.05, 3.63) is 23.3 Å². The molecule has 1 rings (SSSR count). The van der Waals surface area contributed by atoms with Gasteiger partial charge in [0.2, 0.25) is 0 Å². The van der Waals surface area contributed by atoms with E-state index in [0.717, 1.165) is 17.0 Å². The number of hydrogen-bond acceptors (Lipinski definition) is 4. The van der Waals surface area contributed by atoms with E-state index in [1.165, 1.54) is 12.7 Å². The quantitative estimate of drug-likeness (QED) is 0.753. The highest BCUT2D eigenvalue weighted by molar-refractivity contribution is 5.70. The largest absolute Gasteiger partial charge is 0.494 e. The second kappa shape index (κ2) is 6.28. The van der Waals surface area contributed by atoms with E-state index in [1.807, 2.05) is 25.8 Å². The van der Waals surface area contributed by atoms with E-state index in [0.29, 0.717) is 13.0 Å². The average Bonchev–Trinajstić information content (AvgIpc) is 2.34. The number of hydrogen-bond donors (Lipinski definition) is 0. The summed E-state index contributed by atoms with van der Waals surface area (Å²) >= 11 is 0. The van der Waals surface area contributed by atoms with Crippen molar-refractivity contribution in [3.8, 4) is 5.75 Å². The molecule has 0 atom stereocenters. The Balaban J connectivity index is 2.90. The first-order valence-electron chi connectivity index (χ1n) is 5.92. The second-order valence-corrected chi connectivity index (χ2v) is 4.38. The molecule has 0 radical (unpaired) electrons. The van der Waals surface area contributed by atoms with Crippen LogP contribution in [-0.2, 0) is 9.53 Å². The van der Waals surface area contributed by atoms with Gasteiger partial charge in [-0.1, -0.05) is 6.07 Å². The molecule has 0 spiro atoms. The lowest BCUT2D eigenvalue weighted by molar-refractivity contribution is -0.140. The van der Waals surface area contributed by atoms with Crippen LogP contribution in [0.3, 0.4) is 0 Å². The number of aryl methyl sites for hydroxylation is 2. The van der Waals surface area contributed by atoms with Crippen molar-refractivity contribution < 1.29 is 14.3 Å². The lowest BCUT2D eigenvalue weighted by Crippen LogP contribution is -2.22. The lowest BCUT2D eigenvalue weighted by atomic mass is 10.1. The SMILES string of the molecule is COC(=O)CCN(C)c1cc(C)cc(C)c1OC. The standard InChI is InChI=1S/C14H21NO3/c1-10-8-11(2)14(18-5)12(9-10)15(3)7-6-13(16)17-4/h8-9H,6-7H2,1-5H3. The Morgan fingerprint density at radius 1 is 1.28 bits per heavy atom. The predicted octanol–water partition coefficient (Wildman–Crippen LogP) is 2.31. The monoisotopic (exact) mass is 251 g/mol. The minimum atomic E-state index is -0.204. The minimum absolute atomic E-state index is 0.204. The first kappa shape index (κ1) is 14.4. The van der Waals surface area contributed by atoms with Crippen LogP contribution in [0.1, 0.15) is 17.5 Å². The molecule has 0 saturated carbocycles. The van der Waals surface area contributed by atoms with E-state index in [9.17, 15) is 4.79 Å². The fourth-order valence-electron chi connectivity index (χ4n) is 1.96. The molecule has 0 N–H and O–H groups in total. The van der Waals surface area contributed by atoms with Crippen LogP contribution in [-0.4, -0.2) is 33.8 Å². The summed E-state index contributed by atoms with van der Waals surface area (Å²) < 4.78 is 10.1. The van der Waals surface area contributed by atoms with Crippen LogP contribution >= 0.6 is 0 Å². The number of esters is 1. The number of rotatable bonds is 5. The molecule has 0 aliphatic heterocycles. The van der Waals surface area contributed by atoms with Crippen molar-refractivity contribution >= 4 is 11.7 Å². The van der Waals surface area contributed by atoms with Gasteiger partial charge in [0.25, 0.3) is 0 Å². The van der Waals surface area contributed by atoms with Crippen LogP contribution in [0.4, 0.5) is 5.69 Å². The first-order valence-corrected chi connectivity index (χ1v) is 5.92. The van der Waals surface area contributed by atoms with Crippen LogP contribution in [0.5, 0.6) is 5.75 Å². The Kier molecular flexibility index (Phi) is 5.01. The van der Waals surface area contributed by atoms with E-state index >= 15 is 0 Å². The van der Waals surface area contributed by atoms with Gasteiger partial charge in [-0.05, 0) is 31.0 Å². The van der Waals surface area contributed by atoms with E-state index in [-0.39, 0.29) is 5.97 Å². The molecule has 1 aromatic rings. The molecule has 4 heteroatoms. The van der Waals surface area contributed by atoms with Gasteiger partial charge in [0.05, 0.1) is 26.3 Å². The number of methoxy groups -OCH3 is 2. The number of carbonyl (C=O) groups excluding carboxylic acids is 1.